The lowest BCUT2D eigenvalue weighted by Gasteiger charge is -2.23. The number of hydrogen-bond donors (Lipinski definition) is 2. The Morgan fingerprint density at radius 1 is 0.923 bits per heavy atom. The van der Waals surface area contributed by atoms with Crippen LogP contribution in [0.2, 0.25) is 0 Å². The summed E-state index contributed by atoms with van der Waals surface area (Å²) in [5.41, 5.74) is 3.77. The number of ether oxygens (including phenoxy) is 3. The molecule has 0 radical (unpaired) electrons. The Hall–Kier alpha value is -4.58. The molecule has 0 saturated carbocycles. The normalized spacial score (nSPS) is 11.1. The fourth-order valence-corrected chi connectivity index (χ4v) is 4.26. The number of nitrogens with one attached hydrogen (secondary N) is 2. The van der Waals surface area contributed by atoms with Crippen LogP contribution in [0.1, 0.15) is 12.5 Å². The molecule has 0 heterocycles. The average Bonchev–Trinajstić information content (AvgIpc) is 2.91. The van der Waals surface area contributed by atoms with E-state index in [2.05, 4.69) is 15.8 Å². The van der Waals surface area contributed by atoms with Gasteiger partial charge in [0.05, 0.1) is 37.6 Å². The van der Waals surface area contributed by atoms with Gasteiger partial charge < -0.3 is 19.5 Å². The molecule has 206 valence electrons. The second-order valence-electron chi connectivity index (χ2n) is 8.07. The number of amides is 2. The molecule has 3 aromatic rings. The van der Waals surface area contributed by atoms with Crippen molar-refractivity contribution >= 4 is 39.4 Å². The fourth-order valence-electron chi connectivity index (χ4n) is 3.40. The minimum Gasteiger partial charge on any atom is -0.495 e. The zero-order valence-electron chi connectivity index (χ0n) is 21.8. The number of methoxy groups -OCH3 is 1. The van der Waals surface area contributed by atoms with Crippen LogP contribution in [0.4, 0.5) is 11.4 Å². The molecule has 0 spiro atoms. The lowest BCUT2D eigenvalue weighted by molar-refractivity contribution is -0.119. The van der Waals surface area contributed by atoms with Crippen molar-refractivity contribution in [3.05, 3.63) is 78.4 Å². The lowest BCUT2D eigenvalue weighted by atomic mass is 10.2. The molecule has 0 aliphatic carbocycles. The fraction of sp³-hybridized carbons (Fsp3) is 0.222. The minimum atomic E-state index is -3.78. The average molecular weight is 555 g/mol. The monoisotopic (exact) mass is 554 g/mol. The standard InChI is InChI=1S/C27H30N4O7S/c1-4-37-25-12-8-6-10-23(25)31(39(3,34)35)18-26(32)30-28-17-20-13-15-21(16-14-20)38-19-27(33)29-22-9-5-7-11-24(22)36-2/h5-17H,4,18-19H2,1-3H3,(H,29,33)(H,30,32)/b28-17-. The molecule has 12 heteroatoms. The number of hydrazone groups is 1. The third-order valence-corrected chi connectivity index (χ3v) is 6.28. The van der Waals surface area contributed by atoms with Crippen molar-refractivity contribution in [2.75, 3.05) is 42.7 Å². The van der Waals surface area contributed by atoms with Crippen LogP contribution in [-0.4, -0.2) is 59.6 Å². The summed E-state index contributed by atoms with van der Waals surface area (Å²) in [6, 6.07) is 20.3. The van der Waals surface area contributed by atoms with Crippen LogP contribution in [0.3, 0.4) is 0 Å². The molecule has 11 nitrogen and oxygen atoms in total. The summed E-state index contributed by atoms with van der Waals surface area (Å²) >= 11 is 0. The number of para-hydroxylation sites is 4. The molecule has 2 N–H and O–H groups in total. The van der Waals surface area contributed by atoms with Gasteiger partial charge in [-0.3, -0.25) is 13.9 Å². The van der Waals surface area contributed by atoms with Crippen molar-refractivity contribution < 1.29 is 32.2 Å². The highest BCUT2D eigenvalue weighted by Gasteiger charge is 2.23. The molecule has 0 aromatic heterocycles. The number of carbonyl (C=O) groups excluding carboxylic acids is 2. The Bertz CT molecular complexity index is 1410. The minimum absolute atomic E-state index is 0.204. The van der Waals surface area contributed by atoms with Gasteiger partial charge in [-0.25, -0.2) is 13.8 Å². The van der Waals surface area contributed by atoms with E-state index in [1.165, 1.54) is 13.3 Å². The van der Waals surface area contributed by atoms with Crippen LogP contribution in [-0.2, 0) is 19.6 Å². The number of benzene rings is 3. The highest BCUT2D eigenvalue weighted by Crippen LogP contribution is 2.29. The molecular weight excluding hydrogens is 524 g/mol. The second-order valence-corrected chi connectivity index (χ2v) is 9.98. The Morgan fingerprint density at radius 2 is 1.59 bits per heavy atom. The summed E-state index contributed by atoms with van der Waals surface area (Å²) in [5, 5.41) is 6.63. The van der Waals surface area contributed by atoms with E-state index in [9.17, 15) is 18.0 Å². The lowest BCUT2D eigenvalue weighted by Crippen LogP contribution is -2.39. The van der Waals surface area contributed by atoms with E-state index in [0.717, 1.165) is 10.6 Å². The molecule has 3 rings (SSSR count). The molecule has 2 amide bonds. The highest BCUT2D eigenvalue weighted by atomic mass is 32.2. The molecule has 0 atom stereocenters. The largest absolute Gasteiger partial charge is 0.495 e. The predicted octanol–water partition coefficient (Wildman–Crippen LogP) is 3.03. The molecule has 0 saturated heterocycles. The summed E-state index contributed by atoms with van der Waals surface area (Å²) in [6.45, 7) is 1.43. The Labute approximate surface area is 227 Å². The van der Waals surface area contributed by atoms with Crippen molar-refractivity contribution in [2.24, 2.45) is 5.10 Å². The van der Waals surface area contributed by atoms with Gasteiger partial charge in [-0.2, -0.15) is 5.10 Å². The van der Waals surface area contributed by atoms with E-state index in [1.807, 2.05) is 0 Å². The number of rotatable bonds is 13. The predicted molar refractivity (Wildman–Crippen MR) is 149 cm³/mol. The van der Waals surface area contributed by atoms with Crippen LogP contribution >= 0.6 is 0 Å². The van der Waals surface area contributed by atoms with E-state index < -0.39 is 22.5 Å². The number of carbonyl (C=O) groups is 2. The first-order valence-corrected chi connectivity index (χ1v) is 13.7. The van der Waals surface area contributed by atoms with Gasteiger partial charge >= 0.3 is 0 Å². The first kappa shape index (κ1) is 29.0. The summed E-state index contributed by atoms with van der Waals surface area (Å²) in [5.74, 6) is 0.370. The van der Waals surface area contributed by atoms with E-state index >= 15 is 0 Å². The summed E-state index contributed by atoms with van der Waals surface area (Å²) in [4.78, 5) is 24.7. The van der Waals surface area contributed by atoms with E-state index in [1.54, 1.807) is 79.7 Å². The zero-order chi connectivity index (χ0) is 28.3. The molecule has 0 fully saturated rings. The van der Waals surface area contributed by atoms with Gasteiger partial charge in [-0.15, -0.1) is 0 Å². The summed E-state index contributed by atoms with van der Waals surface area (Å²) in [7, 11) is -2.26. The maximum atomic E-state index is 12.5. The quantitative estimate of drug-likeness (QED) is 0.245. The summed E-state index contributed by atoms with van der Waals surface area (Å²) < 4.78 is 41.9. The van der Waals surface area contributed by atoms with Crippen molar-refractivity contribution in [3.63, 3.8) is 0 Å². The van der Waals surface area contributed by atoms with Crippen LogP contribution in [0.15, 0.2) is 77.9 Å². The Kier molecular flexibility index (Phi) is 10.3. The second kappa shape index (κ2) is 13.8. The maximum Gasteiger partial charge on any atom is 0.262 e. The van der Waals surface area contributed by atoms with Gasteiger partial charge in [0.1, 0.15) is 23.8 Å². The number of hydrogen-bond acceptors (Lipinski definition) is 8. The SMILES string of the molecule is CCOc1ccccc1N(CC(=O)N/N=C\c1ccc(OCC(=O)Nc2ccccc2OC)cc1)S(C)(=O)=O. The van der Waals surface area contributed by atoms with Crippen LogP contribution in [0, 0.1) is 0 Å². The van der Waals surface area contributed by atoms with E-state index in [-0.39, 0.29) is 18.2 Å². The first-order valence-electron chi connectivity index (χ1n) is 11.9. The smallest absolute Gasteiger partial charge is 0.262 e. The van der Waals surface area contributed by atoms with Gasteiger partial charge in [0.25, 0.3) is 11.8 Å². The number of nitrogens with zero attached hydrogens (tertiary/aromatic N) is 2. The maximum absolute atomic E-state index is 12.5. The molecule has 0 unspecified atom stereocenters. The third-order valence-electron chi connectivity index (χ3n) is 5.16. The van der Waals surface area contributed by atoms with Gasteiger partial charge in [0, 0.05) is 0 Å². The summed E-state index contributed by atoms with van der Waals surface area (Å²) in [6.07, 6.45) is 2.41. The Balaban J connectivity index is 1.53. The van der Waals surface area contributed by atoms with Gasteiger partial charge in [0.15, 0.2) is 6.61 Å². The highest BCUT2D eigenvalue weighted by molar-refractivity contribution is 7.92. The number of anilines is 2. The molecular formula is C27H30N4O7S. The molecule has 0 bridgehead atoms. The van der Waals surface area contributed by atoms with Crippen LogP contribution < -0.4 is 29.3 Å². The third kappa shape index (κ3) is 8.75. The van der Waals surface area contributed by atoms with Crippen molar-refractivity contribution in [1.29, 1.82) is 0 Å². The van der Waals surface area contributed by atoms with Gasteiger partial charge in [-0.05, 0) is 61.0 Å². The van der Waals surface area contributed by atoms with Gasteiger partial charge in [-0.1, -0.05) is 24.3 Å². The molecule has 0 aliphatic rings. The topological polar surface area (TPSA) is 136 Å². The molecule has 3 aromatic carbocycles. The Morgan fingerprint density at radius 3 is 2.26 bits per heavy atom. The molecule has 39 heavy (non-hydrogen) atoms. The van der Waals surface area contributed by atoms with Gasteiger partial charge in [0.2, 0.25) is 10.0 Å². The van der Waals surface area contributed by atoms with E-state index in [0.29, 0.717) is 35.1 Å². The van der Waals surface area contributed by atoms with Crippen LogP contribution in [0.25, 0.3) is 0 Å². The zero-order valence-corrected chi connectivity index (χ0v) is 22.6. The van der Waals surface area contributed by atoms with Crippen molar-refractivity contribution in [1.82, 2.24) is 5.43 Å². The van der Waals surface area contributed by atoms with Crippen molar-refractivity contribution in [3.8, 4) is 17.2 Å². The first-order chi connectivity index (χ1) is 18.7. The van der Waals surface area contributed by atoms with E-state index in [4.69, 9.17) is 14.2 Å². The van der Waals surface area contributed by atoms with Crippen LogP contribution in [0.5, 0.6) is 17.2 Å². The molecule has 0 aliphatic heterocycles. The number of sulfonamides is 1. The van der Waals surface area contributed by atoms with Crippen molar-refractivity contribution in [2.45, 2.75) is 6.92 Å².